The first-order chi connectivity index (χ1) is 12.2. The highest BCUT2D eigenvalue weighted by atomic mass is 35.5. The number of aliphatic hydroxyl groups is 1. The molecule has 1 atom stereocenters. The fourth-order valence-electron chi connectivity index (χ4n) is 2.83. The Balaban J connectivity index is 1.88. The highest BCUT2D eigenvalue weighted by Crippen LogP contribution is 2.29. The summed E-state index contributed by atoms with van der Waals surface area (Å²) in [5, 5.41) is 10.5. The molecule has 2 aromatic carbocycles. The summed E-state index contributed by atoms with van der Waals surface area (Å²) in [7, 11) is -3.86. The van der Waals surface area contributed by atoms with Gasteiger partial charge in [-0.2, -0.15) is 0 Å². The minimum absolute atomic E-state index is 0.00872. The van der Waals surface area contributed by atoms with E-state index in [4.69, 9.17) is 34.8 Å². The molecular weight excluding hydrogens is 419 g/mol. The average Bonchev–Trinajstić information content (AvgIpc) is 2.97. The van der Waals surface area contributed by atoms with Crippen LogP contribution in [0.3, 0.4) is 0 Å². The van der Waals surface area contributed by atoms with E-state index in [2.05, 4.69) is 9.62 Å². The van der Waals surface area contributed by atoms with Crippen LogP contribution in [-0.2, 0) is 16.6 Å². The second-order valence-electron chi connectivity index (χ2n) is 6.16. The van der Waals surface area contributed by atoms with Crippen molar-refractivity contribution in [2.75, 3.05) is 17.8 Å². The smallest absolute Gasteiger partial charge is 0.261 e. The molecule has 0 unspecified atom stereocenters. The molecule has 1 saturated heterocycles. The van der Waals surface area contributed by atoms with Crippen molar-refractivity contribution < 1.29 is 13.5 Å². The summed E-state index contributed by atoms with van der Waals surface area (Å²) in [6, 6.07) is 9.17. The number of benzene rings is 2. The predicted molar refractivity (Wildman–Crippen MR) is 105 cm³/mol. The molecule has 0 amide bonds. The Morgan fingerprint density at radius 3 is 2.54 bits per heavy atom. The first kappa shape index (κ1) is 19.7. The summed E-state index contributed by atoms with van der Waals surface area (Å²) >= 11 is 17.8. The van der Waals surface area contributed by atoms with E-state index in [1.165, 1.54) is 18.2 Å². The van der Waals surface area contributed by atoms with Crippen LogP contribution in [0.4, 0.5) is 5.69 Å². The molecule has 1 heterocycles. The summed E-state index contributed by atoms with van der Waals surface area (Å²) in [6.45, 7) is 1.82. The molecule has 1 fully saturated rings. The van der Waals surface area contributed by atoms with E-state index in [9.17, 15) is 13.5 Å². The monoisotopic (exact) mass is 434 g/mol. The van der Waals surface area contributed by atoms with E-state index in [1.807, 2.05) is 0 Å². The highest BCUT2D eigenvalue weighted by Gasteiger charge is 2.22. The number of aliphatic hydroxyl groups excluding tert-OH is 1. The third-order valence-electron chi connectivity index (χ3n) is 4.16. The Morgan fingerprint density at radius 1 is 1.12 bits per heavy atom. The van der Waals surface area contributed by atoms with Crippen molar-refractivity contribution in [3.05, 3.63) is 57.0 Å². The Kier molecular flexibility index (Phi) is 6.01. The van der Waals surface area contributed by atoms with E-state index in [0.29, 0.717) is 30.2 Å². The van der Waals surface area contributed by atoms with Crippen molar-refractivity contribution in [1.82, 2.24) is 4.90 Å². The molecule has 3 rings (SSSR count). The number of β-amino-alcohol motifs (C(OH)–C–C–N with tert-alkyl or cyclic N) is 1. The Bertz CT molecular complexity index is 921. The Hall–Kier alpha value is -1.02. The minimum atomic E-state index is -3.86. The fourth-order valence-corrected chi connectivity index (χ4v) is 4.48. The third-order valence-corrected chi connectivity index (χ3v) is 6.50. The summed E-state index contributed by atoms with van der Waals surface area (Å²) in [5.74, 6) is 0. The lowest BCUT2D eigenvalue weighted by molar-refractivity contribution is 0.175. The van der Waals surface area contributed by atoms with E-state index in [-0.39, 0.29) is 21.0 Å². The normalized spacial score (nSPS) is 18.2. The zero-order valence-electron chi connectivity index (χ0n) is 13.6. The van der Waals surface area contributed by atoms with Gasteiger partial charge in [-0.05, 0) is 42.3 Å². The van der Waals surface area contributed by atoms with Gasteiger partial charge in [0.2, 0.25) is 0 Å². The van der Waals surface area contributed by atoms with Crippen LogP contribution in [0.2, 0.25) is 15.1 Å². The number of hydrogen-bond donors (Lipinski definition) is 2. The maximum atomic E-state index is 12.7. The van der Waals surface area contributed by atoms with E-state index in [1.54, 1.807) is 18.2 Å². The fraction of sp³-hybridized carbons (Fsp3) is 0.294. The predicted octanol–water partition coefficient (Wildman–Crippen LogP) is 4.01. The molecule has 5 nitrogen and oxygen atoms in total. The van der Waals surface area contributed by atoms with Crippen LogP contribution in [0.1, 0.15) is 12.0 Å². The Labute approximate surface area is 167 Å². The van der Waals surface area contributed by atoms with Gasteiger partial charge < -0.3 is 5.11 Å². The quantitative estimate of drug-likeness (QED) is 0.744. The number of sulfonamides is 1. The number of nitrogens with one attached hydrogen (secondary N) is 1. The van der Waals surface area contributed by atoms with Crippen LogP contribution >= 0.6 is 34.8 Å². The van der Waals surface area contributed by atoms with Gasteiger partial charge in [0.05, 0.1) is 26.7 Å². The van der Waals surface area contributed by atoms with Gasteiger partial charge in [0, 0.05) is 24.7 Å². The Morgan fingerprint density at radius 2 is 1.88 bits per heavy atom. The lowest BCUT2D eigenvalue weighted by Crippen LogP contribution is -2.23. The molecule has 0 bridgehead atoms. The molecule has 0 radical (unpaired) electrons. The van der Waals surface area contributed by atoms with Crippen molar-refractivity contribution in [1.29, 1.82) is 0 Å². The minimum Gasteiger partial charge on any atom is -0.392 e. The number of nitrogens with zero attached hydrogens (tertiary/aromatic N) is 1. The van der Waals surface area contributed by atoms with Gasteiger partial charge in [-0.3, -0.25) is 9.62 Å². The van der Waals surface area contributed by atoms with Gasteiger partial charge >= 0.3 is 0 Å². The van der Waals surface area contributed by atoms with Gasteiger partial charge in [0.25, 0.3) is 10.0 Å². The van der Waals surface area contributed by atoms with E-state index < -0.39 is 10.0 Å². The molecule has 1 aliphatic heterocycles. The van der Waals surface area contributed by atoms with Crippen molar-refractivity contribution in [2.24, 2.45) is 0 Å². The summed E-state index contributed by atoms with van der Waals surface area (Å²) in [5.41, 5.74) is 1.16. The molecule has 2 N–H and O–H groups in total. The lowest BCUT2D eigenvalue weighted by atomic mass is 10.1. The van der Waals surface area contributed by atoms with Crippen molar-refractivity contribution in [2.45, 2.75) is 24.0 Å². The second kappa shape index (κ2) is 7.92. The largest absolute Gasteiger partial charge is 0.392 e. The van der Waals surface area contributed by atoms with Crippen LogP contribution < -0.4 is 4.72 Å². The van der Waals surface area contributed by atoms with Gasteiger partial charge in [0.1, 0.15) is 0 Å². The van der Waals surface area contributed by atoms with Crippen LogP contribution in [0.25, 0.3) is 0 Å². The molecule has 140 valence electrons. The average molecular weight is 436 g/mol. The zero-order valence-corrected chi connectivity index (χ0v) is 16.7. The molecular formula is C17H17Cl3N2O3S. The highest BCUT2D eigenvalue weighted by molar-refractivity contribution is 7.92. The molecule has 2 aromatic rings. The molecule has 1 aliphatic rings. The molecule has 0 saturated carbocycles. The standard InChI is InChI=1S/C17H17Cl3N2O3S/c18-12-2-1-11(9-22-6-5-13(23)10-22)17(7-12)21-26(24,25)14-3-4-15(19)16(20)8-14/h1-4,7-8,13,21,23H,5-6,9-10H2/t13-/m1/s1. The number of rotatable bonds is 5. The summed E-state index contributed by atoms with van der Waals surface area (Å²) in [4.78, 5) is 2.07. The third kappa shape index (κ3) is 4.63. The zero-order chi connectivity index (χ0) is 18.9. The van der Waals surface area contributed by atoms with Crippen LogP contribution in [0, 0.1) is 0 Å². The van der Waals surface area contributed by atoms with Gasteiger partial charge in [0.15, 0.2) is 0 Å². The number of likely N-dealkylation sites (tertiary alicyclic amines) is 1. The first-order valence-electron chi connectivity index (χ1n) is 7.91. The van der Waals surface area contributed by atoms with E-state index in [0.717, 1.165) is 12.1 Å². The number of hydrogen-bond acceptors (Lipinski definition) is 4. The number of halogens is 3. The lowest BCUT2D eigenvalue weighted by Gasteiger charge is -2.19. The van der Waals surface area contributed by atoms with Crippen LogP contribution in [-0.4, -0.2) is 37.6 Å². The summed E-state index contributed by atoms with van der Waals surface area (Å²) < 4.78 is 28.0. The van der Waals surface area contributed by atoms with Crippen molar-refractivity contribution >= 4 is 50.5 Å². The first-order valence-corrected chi connectivity index (χ1v) is 10.5. The molecule has 26 heavy (non-hydrogen) atoms. The van der Waals surface area contributed by atoms with Gasteiger partial charge in [-0.1, -0.05) is 40.9 Å². The van der Waals surface area contributed by atoms with Gasteiger partial charge in [-0.25, -0.2) is 8.42 Å². The molecule has 0 spiro atoms. The summed E-state index contributed by atoms with van der Waals surface area (Å²) in [6.07, 6.45) is 0.358. The van der Waals surface area contributed by atoms with Gasteiger partial charge in [-0.15, -0.1) is 0 Å². The number of anilines is 1. The van der Waals surface area contributed by atoms with Crippen molar-refractivity contribution in [3.8, 4) is 0 Å². The van der Waals surface area contributed by atoms with Crippen LogP contribution in [0.15, 0.2) is 41.3 Å². The van der Waals surface area contributed by atoms with Crippen LogP contribution in [0.5, 0.6) is 0 Å². The topological polar surface area (TPSA) is 69.6 Å². The van der Waals surface area contributed by atoms with E-state index >= 15 is 0 Å². The molecule has 0 aromatic heterocycles. The maximum absolute atomic E-state index is 12.7. The van der Waals surface area contributed by atoms with Crippen molar-refractivity contribution in [3.63, 3.8) is 0 Å². The SMILES string of the molecule is O=S(=O)(Nc1cc(Cl)ccc1CN1CC[C@@H](O)C1)c1ccc(Cl)c(Cl)c1. The molecule has 0 aliphatic carbocycles. The second-order valence-corrected chi connectivity index (χ2v) is 9.09. The molecule has 9 heteroatoms. The maximum Gasteiger partial charge on any atom is 0.261 e.